The van der Waals surface area contributed by atoms with Gasteiger partial charge in [-0.25, -0.2) is 4.99 Å². The van der Waals surface area contributed by atoms with Gasteiger partial charge < -0.3 is 9.88 Å². The van der Waals surface area contributed by atoms with Crippen molar-refractivity contribution >= 4 is 57.1 Å². The average Bonchev–Trinajstić information content (AvgIpc) is 3.20. The van der Waals surface area contributed by atoms with E-state index in [1.165, 1.54) is 11.8 Å². The van der Waals surface area contributed by atoms with Crippen LogP contribution in [0.25, 0.3) is 17.0 Å². The number of hydrogen-bond acceptors (Lipinski definition) is 3. The van der Waals surface area contributed by atoms with E-state index < -0.39 is 0 Å². The Kier molecular flexibility index (Phi) is 4.99. The molecule has 0 atom stereocenters. The lowest BCUT2D eigenvalue weighted by molar-refractivity contribution is -0.115. The first kappa shape index (κ1) is 18.4. The molecule has 0 spiro atoms. The molecule has 1 fully saturated rings. The molecule has 1 aromatic heterocycles. The van der Waals surface area contributed by atoms with Crippen molar-refractivity contribution in [1.29, 1.82) is 0 Å². The molecule has 1 N–H and O–H groups in total. The Bertz CT molecular complexity index is 1200. The Morgan fingerprint density at radius 2 is 2.11 bits per heavy atom. The quantitative estimate of drug-likeness (QED) is 0.485. The molecule has 2 aromatic carbocycles. The molecule has 3 aromatic rings. The number of carbonyl (C=O) groups is 1. The molecule has 28 heavy (non-hydrogen) atoms. The van der Waals surface area contributed by atoms with Crippen molar-refractivity contribution in [3.05, 3.63) is 69.7 Å². The summed E-state index contributed by atoms with van der Waals surface area (Å²) in [5.41, 5.74) is 3.60. The molecule has 0 bridgehead atoms. The molecular formula is C22H16ClN3OS. The monoisotopic (exact) mass is 405 g/mol. The van der Waals surface area contributed by atoms with Crippen molar-refractivity contribution < 1.29 is 4.79 Å². The number of carbonyl (C=O) groups excluding carboxylic acids is 1. The molecule has 0 radical (unpaired) electrons. The Hall–Kier alpha value is -2.94. The van der Waals surface area contributed by atoms with E-state index in [4.69, 9.17) is 18.0 Å². The Morgan fingerprint density at radius 1 is 1.29 bits per heavy atom. The number of nitrogens with one attached hydrogen (secondary N) is 1. The molecule has 4 rings (SSSR count). The summed E-state index contributed by atoms with van der Waals surface area (Å²) in [6.07, 6.45) is 9.33. The molecule has 1 saturated heterocycles. The number of amides is 1. The number of rotatable bonds is 3. The highest BCUT2D eigenvalue weighted by Crippen LogP contribution is 2.32. The number of aromatic nitrogens is 1. The van der Waals surface area contributed by atoms with Crippen LogP contribution in [0, 0.1) is 19.3 Å². The van der Waals surface area contributed by atoms with E-state index in [2.05, 4.69) is 16.2 Å². The summed E-state index contributed by atoms with van der Waals surface area (Å²) < 4.78 is 2.00. The number of terminal acetylenes is 1. The van der Waals surface area contributed by atoms with Crippen molar-refractivity contribution in [2.24, 2.45) is 4.99 Å². The minimum atomic E-state index is -0.169. The van der Waals surface area contributed by atoms with Crippen LogP contribution in [0.2, 0.25) is 5.02 Å². The van der Waals surface area contributed by atoms with Gasteiger partial charge in [-0.3, -0.25) is 4.79 Å². The molecule has 1 aliphatic heterocycles. The molecule has 0 saturated carbocycles. The summed E-state index contributed by atoms with van der Waals surface area (Å²) in [6, 6.07) is 13.5. The van der Waals surface area contributed by atoms with E-state index in [0.29, 0.717) is 21.6 Å². The predicted molar refractivity (Wildman–Crippen MR) is 118 cm³/mol. The van der Waals surface area contributed by atoms with Crippen LogP contribution in [0.5, 0.6) is 0 Å². The van der Waals surface area contributed by atoms with Crippen molar-refractivity contribution in [1.82, 2.24) is 9.88 Å². The summed E-state index contributed by atoms with van der Waals surface area (Å²) in [4.78, 5) is 17.6. The van der Waals surface area contributed by atoms with Gasteiger partial charge in [0.1, 0.15) is 0 Å². The summed E-state index contributed by atoms with van der Waals surface area (Å²) in [5, 5.41) is 5.06. The minimum Gasteiger partial charge on any atom is -0.335 e. The van der Waals surface area contributed by atoms with Crippen molar-refractivity contribution in [2.45, 2.75) is 13.5 Å². The third kappa shape index (κ3) is 3.45. The van der Waals surface area contributed by atoms with Crippen LogP contribution in [0.15, 0.2) is 58.6 Å². The number of amidine groups is 1. The van der Waals surface area contributed by atoms with Gasteiger partial charge in [-0.05, 0) is 48.5 Å². The van der Waals surface area contributed by atoms with E-state index in [0.717, 1.165) is 27.7 Å². The number of fused-ring (bicyclic) bond motifs is 1. The largest absolute Gasteiger partial charge is 0.335 e. The zero-order chi connectivity index (χ0) is 19.7. The SMILES string of the molecule is C#CCn1cc(/C=C2/SC(=Nc3cccc(Cl)c3C)NC2=O)c2ccccc21. The Balaban J connectivity index is 1.69. The number of hydrogen-bond donors (Lipinski definition) is 1. The van der Waals surface area contributed by atoms with Crippen LogP contribution in [-0.2, 0) is 11.3 Å². The second-order valence-corrected chi connectivity index (χ2v) is 7.74. The van der Waals surface area contributed by atoms with Gasteiger partial charge in [-0.15, -0.1) is 6.42 Å². The second-order valence-electron chi connectivity index (χ2n) is 6.30. The number of para-hydroxylation sites is 1. The number of nitrogens with zero attached hydrogens (tertiary/aromatic N) is 2. The number of halogens is 1. The van der Waals surface area contributed by atoms with E-state index in [9.17, 15) is 4.79 Å². The second kappa shape index (κ2) is 7.59. The normalized spacial score (nSPS) is 16.7. The van der Waals surface area contributed by atoms with Gasteiger partial charge in [0.25, 0.3) is 5.91 Å². The highest BCUT2D eigenvalue weighted by Gasteiger charge is 2.24. The Labute approximate surface area is 172 Å². The van der Waals surface area contributed by atoms with Crippen molar-refractivity contribution in [3.8, 4) is 12.3 Å². The van der Waals surface area contributed by atoms with E-state index in [1.807, 2.05) is 66.2 Å². The fourth-order valence-corrected chi connectivity index (χ4v) is 4.06. The summed E-state index contributed by atoms with van der Waals surface area (Å²) in [6.45, 7) is 2.38. The summed E-state index contributed by atoms with van der Waals surface area (Å²) in [7, 11) is 0. The first-order chi connectivity index (χ1) is 13.6. The lowest BCUT2D eigenvalue weighted by atomic mass is 10.1. The molecule has 1 amide bonds. The molecule has 6 heteroatoms. The van der Waals surface area contributed by atoms with Crippen LogP contribution in [0.4, 0.5) is 5.69 Å². The van der Waals surface area contributed by atoms with Gasteiger partial charge in [0.2, 0.25) is 0 Å². The van der Waals surface area contributed by atoms with Gasteiger partial charge in [0.15, 0.2) is 5.17 Å². The van der Waals surface area contributed by atoms with Gasteiger partial charge >= 0.3 is 0 Å². The Morgan fingerprint density at radius 3 is 2.93 bits per heavy atom. The average molecular weight is 406 g/mol. The number of aliphatic imine (C=N–C) groups is 1. The molecule has 2 heterocycles. The maximum atomic E-state index is 12.5. The zero-order valence-corrected chi connectivity index (χ0v) is 16.6. The van der Waals surface area contributed by atoms with Gasteiger partial charge in [-0.2, -0.15) is 0 Å². The topological polar surface area (TPSA) is 46.4 Å². The fourth-order valence-electron chi connectivity index (χ4n) is 3.07. The lowest BCUT2D eigenvalue weighted by Crippen LogP contribution is -2.19. The molecule has 0 unspecified atom stereocenters. The van der Waals surface area contributed by atoms with Crippen LogP contribution in [0.3, 0.4) is 0 Å². The lowest BCUT2D eigenvalue weighted by Gasteiger charge is -2.02. The van der Waals surface area contributed by atoms with Crippen LogP contribution < -0.4 is 5.32 Å². The fraction of sp³-hybridized carbons (Fsp3) is 0.0909. The maximum Gasteiger partial charge on any atom is 0.264 e. The highest BCUT2D eigenvalue weighted by atomic mass is 35.5. The molecule has 4 nitrogen and oxygen atoms in total. The first-order valence-electron chi connectivity index (χ1n) is 8.63. The van der Waals surface area contributed by atoms with E-state index >= 15 is 0 Å². The predicted octanol–water partition coefficient (Wildman–Crippen LogP) is 5.13. The first-order valence-corrected chi connectivity index (χ1v) is 9.82. The molecular weight excluding hydrogens is 390 g/mol. The highest BCUT2D eigenvalue weighted by molar-refractivity contribution is 8.18. The van der Waals surface area contributed by atoms with Crippen molar-refractivity contribution in [3.63, 3.8) is 0 Å². The van der Waals surface area contributed by atoms with Crippen molar-refractivity contribution in [2.75, 3.05) is 0 Å². The number of thioether (sulfide) groups is 1. The van der Waals surface area contributed by atoms with Crippen LogP contribution >= 0.6 is 23.4 Å². The molecule has 138 valence electrons. The van der Waals surface area contributed by atoms with Crippen LogP contribution in [0.1, 0.15) is 11.1 Å². The van der Waals surface area contributed by atoms with Gasteiger partial charge in [0.05, 0.1) is 17.1 Å². The molecule has 0 aliphatic carbocycles. The molecule has 1 aliphatic rings. The van der Waals surface area contributed by atoms with E-state index in [1.54, 1.807) is 0 Å². The third-order valence-electron chi connectivity index (χ3n) is 4.48. The third-order valence-corrected chi connectivity index (χ3v) is 5.80. The number of benzene rings is 2. The maximum absolute atomic E-state index is 12.5. The smallest absolute Gasteiger partial charge is 0.264 e. The summed E-state index contributed by atoms with van der Waals surface area (Å²) in [5.74, 6) is 2.49. The summed E-state index contributed by atoms with van der Waals surface area (Å²) >= 11 is 7.47. The zero-order valence-electron chi connectivity index (χ0n) is 15.1. The minimum absolute atomic E-state index is 0.169. The van der Waals surface area contributed by atoms with Gasteiger partial charge in [0, 0.05) is 27.7 Å². The van der Waals surface area contributed by atoms with Crippen LogP contribution in [-0.4, -0.2) is 15.6 Å². The standard InChI is InChI=1S/C22H16ClN3OS/c1-3-11-26-13-15(16-7-4-5-10-19(16)26)12-20-21(27)25-22(28-20)24-18-9-6-8-17(23)14(18)2/h1,4-10,12-13H,11H2,2H3,(H,24,25,27)/b20-12+. The van der Waals surface area contributed by atoms with Gasteiger partial charge in [-0.1, -0.05) is 41.8 Å². The van der Waals surface area contributed by atoms with E-state index in [-0.39, 0.29) is 5.91 Å².